The Morgan fingerprint density at radius 1 is 1.17 bits per heavy atom. The van der Waals surface area contributed by atoms with Crippen LogP contribution in [0.15, 0.2) is 36.7 Å². The zero-order chi connectivity index (χ0) is 21.0. The molecule has 0 bridgehead atoms. The summed E-state index contributed by atoms with van der Waals surface area (Å²) >= 11 is 0. The molecule has 0 aliphatic carbocycles. The van der Waals surface area contributed by atoms with Crippen molar-refractivity contribution in [3.63, 3.8) is 0 Å². The Bertz CT molecular complexity index is 866. The normalized spacial score (nSPS) is 15.2. The van der Waals surface area contributed by atoms with Crippen LogP contribution in [0.1, 0.15) is 49.5 Å². The summed E-state index contributed by atoms with van der Waals surface area (Å²) in [5.74, 6) is 0.363. The largest absolute Gasteiger partial charge is 0.444 e. The Balaban J connectivity index is 1.61. The van der Waals surface area contributed by atoms with Crippen LogP contribution in [-0.4, -0.2) is 50.5 Å². The van der Waals surface area contributed by atoms with Gasteiger partial charge in [0.05, 0.1) is 12.2 Å². The lowest BCUT2D eigenvalue weighted by Gasteiger charge is -2.32. The van der Waals surface area contributed by atoms with E-state index in [-0.39, 0.29) is 24.4 Å². The highest BCUT2D eigenvalue weighted by Gasteiger charge is 2.30. The molecule has 7 heteroatoms. The first-order valence-electron chi connectivity index (χ1n) is 9.81. The van der Waals surface area contributed by atoms with Gasteiger partial charge in [0, 0.05) is 37.0 Å². The molecule has 0 radical (unpaired) electrons. The molecule has 1 saturated heterocycles. The molecule has 1 aliphatic heterocycles. The predicted octanol–water partition coefficient (Wildman–Crippen LogP) is 3.47. The Labute approximate surface area is 170 Å². The maximum atomic E-state index is 12.8. The van der Waals surface area contributed by atoms with Gasteiger partial charge in [-0.3, -0.25) is 4.79 Å². The molecule has 1 aromatic carbocycles. The third-order valence-electron chi connectivity index (χ3n) is 4.82. The second-order valence-electron chi connectivity index (χ2n) is 8.26. The van der Waals surface area contributed by atoms with Crippen LogP contribution in [0.25, 0.3) is 11.4 Å². The number of aliphatic hydroxyl groups excluding tert-OH is 1. The number of carbonyl (C=O) groups excluding carboxylic acids is 2. The van der Waals surface area contributed by atoms with Gasteiger partial charge >= 0.3 is 6.09 Å². The van der Waals surface area contributed by atoms with E-state index in [1.165, 1.54) is 0 Å². The van der Waals surface area contributed by atoms with E-state index in [9.17, 15) is 14.7 Å². The van der Waals surface area contributed by atoms with E-state index >= 15 is 0 Å². The minimum atomic E-state index is -0.528. The molecule has 3 rings (SSSR count). The number of rotatable bonds is 4. The first-order chi connectivity index (χ1) is 13.8. The molecule has 0 unspecified atom stereocenters. The molecule has 1 aromatic heterocycles. The van der Waals surface area contributed by atoms with Crippen molar-refractivity contribution in [2.24, 2.45) is 5.92 Å². The smallest absolute Gasteiger partial charge is 0.410 e. The van der Waals surface area contributed by atoms with Gasteiger partial charge in [0.2, 0.25) is 0 Å². The Morgan fingerprint density at radius 2 is 1.83 bits per heavy atom. The molecule has 0 atom stereocenters. The van der Waals surface area contributed by atoms with Crippen molar-refractivity contribution in [2.45, 2.75) is 45.8 Å². The van der Waals surface area contributed by atoms with Crippen LogP contribution in [0.5, 0.6) is 0 Å². The van der Waals surface area contributed by atoms with E-state index in [1.807, 2.05) is 45.0 Å². The first-order valence-corrected chi connectivity index (χ1v) is 9.81. The number of amides is 1. The van der Waals surface area contributed by atoms with Crippen molar-refractivity contribution >= 4 is 11.9 Å². The number of hydrogen-bond donors (Lipinski definition) is 1. The van der Waals surface area contributed by atoms with Gasteiger partial charge in [0.1, 0.15) is 5.60 Å². The molecule has 7 nitrogen and oxygen atoms in total. The number of aliphatic hydroxyl groups is 1. The number of likely N-dealkylation sites (tertiary alicyclic amines) is 1. The molecular weight excluding hydrogens is 370 g/mol. The van der Waals surface area contributed by atoms with Gasteiger partial charge in [-0.05, 0) is 45.2 Å². The van der Waals surface area contributed by atoms with E-state index in [0.717, 1.165) is 11.1 Å². The van der Waals surface area contributed by atoms with Crippen LogP contribution in [0.4, 0.5) is 4.79 Å². The Hall–Kier alpha value is -2.80. The molecule has 1 aliphatic rings. The monoisotopic (exact) mass is 397 g/mol. The summed E-state index contributed by atoms with van der Waals surface area (Å²) in [6.07, 6.45) is 3.96. The van der Waals surface area contributed by atoms with Gasteiger partial charge < -0.3 is 14.7 Å². The average Bonchev–Trinajstić information content (AvgIpc) is 2.72. The summed E-state index contributed by atoms with van der Waals surface area (Å²) in [6, 6.07) is 7.35. The standard InChI is InChI=1S/C22H27N3O4/c1-22(2,3)29-21(28)25-9-7-16(8-10-25)19(27)18-12-23-20(24-13-18)17-6-4-5-15(11-17)14-26/h4-6,11-13,16,26H,7-10,14H2,1-3H3. The third kappa shape index (κ3) is 5.38. The summed E-state index contributed by atoms with van der Waals surface area (Å²) in [5, 5.41) is 9.26. The highest BCUT2D eigenvalue weighted by molar-refractivity contribution is 5.97. The fraction of sp³-hybridized carbons (Fsp3) is 0.455. The Morgan fingerprint density at radius 3 is 2.41 bits per heavy atom. The fourth-order valence-corrected chi connectivity index (χ4v) is 3.30. The maximum Gasteiger partial charge on any atom is 0.410 e. The molecular formula is C22H27N3O4. The Kier molecular flexibility index (Phi) is 6.27. The molecule has 2 heterocycles. The molecule has 0 saturated carbocycles. The van der Waals surface area contributed by atoms with E-state index in [4.69, 9.17) is 4.74 Å². The third-order valence-corrected chi connectivity index (χ3v) is 4.82. The summed E-state index contributed by atoms with van der Waals surface area (Å²) in [4.78, 5) is 35.3. The maximum absolute atomic E-state index is 12.8. The van der Waals surface area contributed by atoms with Crippen molar-refractivity contribution in [2.75, 3.05) is 13.1 Å². The number of piperidine rings is 1. The molecule has 1 fully saturated rings. The summed E-state index contributed by atoms with van der Waals surface area (Å²) in [7, 11) is 0. The van der Waals surface area contributed by atoms with Crippen molar-refractivity contribution in [1.29, 1.82) is 0 Å². The van der Waals surface area contributed by atoms with E-state index in [1.54, 1.807) is 17.3 Å². The second-order valence-corrected chi connectivity index (χ2v) is 8.26. The molecule has 1 N–H and O–H groups in total. The predicted molar refractivity (Wildman–Crippen MR) is 108 cm³/mol. The number of benzene rings is 1. The van der Waals surface area contributed by atoms with Gasteiger partial charge in [0.15, 0.2) is 11.6 Å². The lowest BCUT2D eigenvalue weighted by molar-refractivity contribution is 0.0182. The van der Waals surface area contributed by atoms with Gasteiger partial charge in [0.25, 0.3) is 0 Å². The van der Waals surface area contributed by atoms with Crippen molar-refractivity contribution in [1.82, 2.24) is 14.9 Å². The average molecular weight is 397 g/mol. The number of ether oxygens (including phenoxy) is 1. The number of Topliss-reactive ketones (excluding diaryl/α,β-unsaturated/α-hetero) is 1. The zero-order valence-electron chi connectivity index (χ0n) is 17.1. The fourth-order valence-electron chi connectivity index (χ4n) is 3.30. The lowest BCUT2D eigenvalue weighted by atomic mass is 9.90. The van der Waals surface area contributed by atoms with Gasteiger partial charge in [-0.1, -0.05) is 18.2 Å². The van der Waals surface area contributed by atoms with Crippen molar-refractivity contribution in [3.8, 4) is 11.4 Å². The van der Waals surface area contributed by atoms with Gasteiger partial charge in [-0.2, -0.15) is 0 Å². The minimum absolute atomic E-state index is 0.00416. The molecule has 0 spiro atoms. The van der Waals surface area contributed by atoms with Crippen molar-refractivity contribution < 1.29 is 19.4 Å². The number of hydrogen-bond acceptors (Lipinski definition) is 6. The van der Waals surface area contributed by atoms with E-state index in [2.05, 4.69) is 9.97 Å². The molecule has 1 amide bonds. The van der Waals surface area contributed by atoms with Gasteiger partial charge in [-0.15, -0.1) is 0 Å². The number of aromatic nitrogens is 2. The van der Waals surface area contributed by atoms with E-state index < -0.39 is 5.60 Å². The lowest BCUT2D eigenvalue weighted by Crippen LogP contribution is -2.43. The summed E-state index contributed by atoms with van der Waals surface area (Å²) < 4.78 is 5.40. The second kappa shape index (κ2) is 8.69. The topological polar surface area (TPSA) is 92.6 Å². The summed E-state index contributed by atoms with van der Waals surface area (Å²) in [6.45, 7) is 6.46. The number of nitrogens with zero attached hydrogens (tertiary/aromatic N) is 3. The molecule has 154 valence electrons. The first kappa shape index (κ1) is 20.9. The van der Waals surface area contributed by atoms with Crippen LogP contribution < -0.4 is 0 Å². The van der Waals surface area contributed by atoms with Gasteiger partial charge in [-0.25, -0.2) is 14.8 Å². The summed E-state index contributed by atoms with van der Waals surface area (Å²) in [5.41, 5.74) is 1.52. The molecule has 2 aromatic rings. The number of ketones is 1. The van der Waals surface area contributed by atoms with Crippen molar-refractivity contribution in [3.05, 3.63) is 47.8 Å². The van der Waals surface area contributed by atoms with Crippen LogP contribution in [0.3, 0.4) is 0 Å². The SMILES string of the molecule is CC(C)(C)OC(=O)N1CCC(C(=O)c2cnc(-c3cccc(CO)c3)nc2)CC1. The van der Waals surface area contributed by atoms with Crippen LogP contribution in [0, 0.1) is 5.92 Å². The molecule has 29 heavy (non-hydrogen) atoms. The van der Waals surface area contributed by atoms with Crippen LogP contribution in [-0.2, 0) is 11.3 Å². The quantitative estimate of drug-likeness (QED) is 0.794. The highest BCUT2D eigenvalue weighted by atomic mass is 16.6. The number of carbonyl (C=O) groups is 2. The minimum Gasteiger partial charge on any atom is -0.444 e. The van der Waals surface area contributed by atoms with Crippen LogP contribution >= 0.6 is 0 Å². The highest BCUT2D eigenvalue weighted by Crippen LogP contribution is 2.24. The van der Waals surface area contributed by atoms with E-state index in [0.29, 0.717) is 37.3 Å². The zero-order valence-corrected chi connectivity index (χ0v) is 17.1. The van der Waals surface area contributed by atoms with Crippen LogP contribution in [0.2, 0.25) is 0 Å².